The summed E-state index contributed by atoms with van der Waals surface area (Å²) in [7, 11) is 0. The summed E-state index contributed by atoms with van der Waals surface area (Å²) in [4.78, 5) is 0. The van der Waals surface area contributed by atoms with Crippen LogP contribution >= 0.6 is 0 Å². The fraction of sp³-hybridized carbons (Fsp3) is 0.444. The van der Waals surface area contributed by atoms with Gasteiger partial charge in [0.15, 0.2) is 0 Å². The van der Waals surface area contributed by atoms with E-state index in [1.165, 1.54) is 24.8 Å². The minimum absolute atomic E-state index is 1.16. The van der Waals surface area contributed by atoms with Gasteiger partial charge in [-0.2, -0.15) is 0 Å². The van der Waals surface area contributed by atoms with Crippen molar-refractivity contribution in [3.05, 3.63) is 29.7 Å². The van der Waals surface area contributed by atoms with E-state index < -0.39 is 0 Å². The maximum absolute atomic E-state index is 3.35. The van der Waals surface area contributed by atoms with Gasteiger partial charge in [0.2, 0.25) is 0 Å². The molecule has 0 bridgehead atoms. The summed E-state index contributed by atoms with van der Waals surface area (Å²) in [6.45, 7) is 0. The van der Waals surface area contributed by atoms with Crippen molar-refractivity contribution < 1.29 is 0 Å². The minimum Gasteiger partial charge on any atom is -0.0839 e. The summed E-state index contributed by atoms with van der Waals surface area (Å²) in [5.41, 5.74) is 3.04. The fourth-order valence-corrected chi connectivity index (χ4v) is 1.50. The van der Waals surface area contributed by atoms with E-state index in [1.807, 2.05) is 0 Å². The highest BCUT2D eigenvalue weighted by atomic mass is 14.2. The lowest BCUT2D eigenvalue weighted by Crippen LogP contribution is -1.86. The van der Waals surface area contributed by atoms with Gasteiger partial charge in [0.1, 0.15) is 0 Å². The first kappa shape index (κ1) is 5.28. The number of hydrogen-bond acceptors (Lipinski definition) is 0. The van der Waals surface area contributed by atoms with Crippen molar-refractivity contribution >= 4 is 0 Å². The van der Waals surface area contributed by atoms with Crippen LogP contribution in [-0.4, -0.2) is 0 Å². The van der Waals surface area contributed by atoms with Gasteiger partial charge in [0.05, 0.1) is 0 Å². The normalized spacial score (nSPS) is 24.9. The second-order valence-electron chi connectivity index (χ2n) is 2.64. The first-order valence-electron chi connectivity index (χ1n) is 3.59. The Kier molecular flexibility index (Phi) is 1.18. The lowest BCUT2D eigenvalue weighted by atomic mass is 10.0. The molecule has 0 N–H and O–H groups in total. The van der Waals surface area contributed by atoms with Crippen LogP contribution in [0.5, 0.6) is 0 Å². The van der Waals surface area contributed by atoms with Crippen molar-refractivity contribution in [1.82, 2.24) is 0 Å². The summed E-state index contributed by atoms with van der Waals surface area (Å²) < 4.78 is 0. The molecule has 0 aliphatic heterocycles. The van der Waals surface area contributed by atoms with Gasteiger partial charge in [-0.15, -0.1) is 0 Å². The number of hydrogen-bond donors (Lipinski definition) is 0. The molecular weight excluding hydrogens is 108 g/mol. The van der Waals surface area contributed by atoms with Crippen LogP contribution in [0.3, 0.4) is 0 Å². The zero-order chi connectivity index (χ0) is 6.10. The third-order valence-corrected chi connectivity index (χ3v) is 2.02. The Balaban J connectivity index is 2.28. The Morgan fingerprint density at radius 1 is 1.33 bits per heavy atom. The van der Waals surface area contributed by atoms with Gasteiger partial charge < -0.3 is 0 Å². The lowest BCUT2D eigenvalue weighted by molar-refractivity contribution is 0.884. The highest BCUT2D eigenvalue weighted by molar-refractivity contribution is 5.39. The van der Waals surface area contributed by atoms with Crippen LogP contribution in [0.2, 0.25) is 0 Å². The van der Waals surface area contributed by atoms with E-state index in [2.05, 4.69) is 18.6 Å². The van der Waals surface area contributed by atoms with E-state index in [1.54, 1.807) is 5.57 Å². The summed E-state index contributed by atoms with van der Waals surface area (Å²) in [6.07, 6.45) is 12.8. The van der Waals surface area contributed by atoms with E-state index in [-0.39, 0.29) is 0 Å². The van der Waals surface area contributed by atoms with E-state index in [4.69, 9.17) is 0 Å². The average Bonchev–Trinajstić information content (AvgIpc) is 2.33. The molecule has 0 heteroatoms. The molecule has 0 atom stereocenters. The third-order valence-electron chi connectivity index (χ3n) is 2.02. The monoisotopic (exact) mass is 118 g/mol. The van der Waals surface area contributed by atoms with Crippen molar-refractivity contribution in [1.29, 1.82) is 0 Å². The largest absolute Gasteiger partial charge is 0.0839 e. The maximum atomic E-state index is 3.35. The van der Waals surface area contributed by atoms with Crippen molar-refractivity contribution in [2.75, 3.05) is 0 Å². The standard InChI is InChI=1S/C9H10/c1-2-5-9-7-3-6-8(9)4-1/h1,4H,2-3,5,7H2. The summed E-state index contributed by atoms with van der Waals surface area (Å²) in [5.74, 6) is 0. The Labute approximate surface area is 56.3 Å². The molecule has 2 radical (unpaired) electrons. The van der Waals surface area contributed by atoms with Crippen LogP contribution in [0.4, 0.5) is 0 Å². The zero-order valence-electron chi connectivity index (χ0n) is 5.48. The molecule has 9 heavy (non-hydrogen) atoms. The number of allylic oxidation sites excluding steroid dienone is 4. The smallest absolute Gasteiger partial charge is 0.0167 e. The number of rotatable bonds is 0. The molecule has 0 amide bonds. The predicted molar refractivity (Wildman–Crippen MR) is 37.9 cm³/mol. The molecule has 2 rings (SSSR count). The molecule has 0 nitrogen and oxygen atoms in total. The van der Waals surface area contributed by atoms with Gasteiger partial charge in [0.25, 0.3) is 0 Å². The van der Waals surface area contributed by atoms with Crippen LogP contribution in [0.25, 0.3) is 0 Å². The van der Waals surface area contributed by atoms with E-state index in [0.29, 0.717) is 0 Å². The molecule has 0 aromatic carbocycles. The average molecular weight is 118 g/mol. The molecule has 46 valence electrons. The molecular formula is C9H10. The van der Waals surface area contributed by atoms with Gasteiger partial charge in [-0.3, -0.25) is 0 Å². The molecule has 0 aromatic heterocycles. The van der Waals surface area contributed by atoms with Crippen molar-refractivity contribution in [3.8, 4) is 0 Å². The molecule has 2 aliphatic carbocycles. The van der Waals surface area contributed by atoms with Gasteiger partial charge in [-0.1, -0.05) is 17.7 Å². The molecule has 0 unspecified atom stereocenters. The highest BCUT2D eigenvalue weighted by Crippen LogP contribution is 2.31. The van der Waals surface area contributed by atoms with Crippen LogP contribution in [0.1, 0.15) is 25.7 Å². The molecule has 0 heterocycles. The molecule has 0 fully saturated rings. The van der Waals surface area contributed by atoms with Crippen molar-refractivity contribution in [3.63, 3.8) is 0 Å². The maximum Gasteiger partial charge on any atom is 0.0167 e. The molecule has 0 saturated carbocycles. The Morgan fingerprint density at radius 3 is 3.22 bits per heavy atom. The Bertz CT molecular complexity index is 172. The second kappa shape index (κ2) is 2.02. The predicted octanol–water partition coefficient (Wildman–Crippen LogP) is 2.51. The lowest BCUT2D eigenvalue weighted by Gasteiger charge is -2.05. The van der Waals surface area contributed by atoms with Gasteiger partial charge in [0, 0.05) is 6.42 Å². The first-order chi connectivity index (χ1) is 4.47. The molecule has 0 saturated heterocycles. The topological polar surface area (TPSA) is 0 Å². The summed E-state index contributed by atoms with van der Waals surface area (Å²) in [5, 5.41) is 0. The fourth-order valence-electron chi connectivity index (χ4n) is 1.50. The van der Waals surface area contributed by atoms with Gasteiger partial charge in [-0.25, -0.2) is 0 Å². The molecule has 2 aliphatic rings. The van der Waals surface area contributed by atoms with Gasteiger partial charge in [-0.05, 0) is 31.3 Å². The van der Waals surface area contributed by atoms with Crippen LogP contribution in [-0.2, 0) is 0 Å². The Morgan fingerprint density at radius 2 is 2.33 bits per heavy atom. The Hall–Kier alpha value is -0.520. The van der Waals surface area contributed by atoms with Crippen LogP contribution in [0.15, 0.2) is 23.3 Å². The van der Waals surface area contributed by atoms with Crippen LogP contribution < -0.4 is 0 Å². The third kappa shape index (κ3) is 0.827. The second-order valence-corrected chi connectivity index (χ2v) is 2.64. The van der Waals surface area contributed by atoms with E-state index in [0.717, 1.165) is 6.42 Å². The highest BCUT2D eigenvalue weighted by Gasteiger charge is 2.13. The van der Waals surface area contributed by atoms with E-state index in [9.17, 15) is 0 Å². The first-order valence-corrected chi connectivity index (χ1v) is 3.59. The van der Waals surface area contributed by atoms with Crippen molar-refractivity contribution in [2.24, 2.45) is 0 Å². The summed E-state index contributed by atoms with van der Waals surface area (Å²) in [6, 6.07) is 0. The minimum atomic E-state index is 1.16. The van der Waals surface area contributed by atoms with Crippen molar-refractivity contribution in [2.45, 2.75) is 25.7 Å². The zero-order valence-corrected chi connectivity index (χ0v) is 5.48. The summed E-state index contributed by atoms with van der Waals surface area (Å²) >= 11 is 0. The SMILES string of the molecule is [C]1CCC2=C1C=CCC2. The van der Waals surface area contributed by atoms with Gasteiger partial charge >= 0.3 is 0 Å². The van der Waals surface area contributed by atoms with E-state index >= 15 is 0 Å². The molecule has 0 aromatic rings. The quantitative estimate of drug-likeness (QED) is 0.458. The molecule has 0 spiro atoms. The van der Waals surface area contributed by atoms with Crippen LogP contribution in [0, 0.1) is 6.42 Å².